The van der Waals surface area contributed by atoms with Gasteiger partial charge in [0.15, 0.2) is 0 Å². The fourth-order valence-corrected chi connectivity index (χ4v) is 1.57. The van der Waals surface area contributed by atoms with Crippen molar-refractivity contribution >= 4 is 17.0 Å². The van der Waals surface area contributed by atoms with E-state index in [4.69, 9.17) is 11.6 Å². The van der Waals surface area contributed by atoms with Gasteiger partial charge in [-0.05, 0) is 31.0 Å². The highest BCUT2D eigenvalue weighted by Gasteiger charge is 2.06. The van der Waals surface area contributed by atoms with E-state index < -0.39 is 5.43 Å². The number of ether oxygens (including phenoxy) is 1. The summed E-state index contributed by atoms with van der Waals surface area (Å²) in [6.07, 6.45) is 1.38. The van der Waals surface area contributed by atoms with Crippen molar-refractivity contribution in [3.8, 4) is 0 Å². The topological polar surface area (TPSA) is 38.3 Å². The van der Waals surface area contributed by atoms with Crippen molar-refractivity contribution in [3.63, 3.8) is 0 Å². The van der Waals surface area contributed by atoms with Gasteiger partial charge in [-0.2, -0.15) is 0 Å². The Bertz CT molecular complexity index is 323. The minimum atomic E-state index is -0.770. The quantitative estimate of drug-likeness (QED) is 0.825. The van der Waals surface area contributed by atoms with E-state index in [1.165, 1.54) is 19.5 Å². The van der Waals surface area contributed by atoms with Crippen LogP contribution in [-0.2, 0) is 11.3 Å². The summed E-state index contributed by atoms with van der Waals surface area (Å²) in [5.41, 5.74) is 0.162. The molecule has 4 heteroatoms. The van der Waals surface area contributed by atoms with Gasteiger partial charge in [-0.25, -0.2) is 4.79 Å². The van der Waals surface area contributed by atoms with Crippen LogP contribution in [0.4, 0.5) is 4.79 Å². The molecule has 1 heterocycles. The fourth-order valence-electron chi connectivity index (χ4n) is 1.51. The molecule has 17 heavy (non-hydrogen) atoms. The molecule has 0 spiro atoms. The molecule has 94 valence electrons. The molecule has 2 rings (SSSR count). The number of rotatable bonds is 2. The van der Waals surface area contributed by atoms with Crippen LogP contribution >= 0.6 is 11.6 Å². The second-order valence-electron chi connectivity index (χ2n) is 4.11. The van der Waals surface area contributed by atoms with Crippen LogP contribution in [0, 0.1) is 5.92 Å². The van der Waals surface area contributed by atoms with Crippen molar-refractivity contribution in [1.82, 2.24) is 5.32 Å². The zero-order valence-electron chi connectivity index (χ0n) is 9.99. The predicted octanol–water partition coefficient (Wildman–Crippen LogP) is 3.18. The van der Waals surface area contributed by atoms with Gasteiger partial charge < -0.3 is 10.1 Å². The molecule has 1 aromatic carbocycles. The summed E-state index contributed by atoms with van der Waals surface area (Å²) in [6, 6.07) is 9.36. The summed E-state index contributed by atoms with van der Waals surface area (Å²) < 4.78 is 4.55. The molecule has 1 atom stereocenters. The van der Waals surface area contributed by atoms with E-state index in [2.05, 4.69) is 17.0 Å². The minimum absolute atomic E-state index is 0.239. The first-order valence-electron chi connectivity index (χ1n) is 5.75. The lowest BCUT2D eigenvalue weighted by molar-refractivity contribution is 0.167. The summed E-state index contributed by atoms with van der Waals surface area (Å²) in [6.45, 7) is 4.99. The Morgan fingerprint density at radius 1 is 1.47 bits per heavy atom. The molecule has 3 nitrogen and oxygen atoms in total. The molecule has 1 N–H and O–H groups in total. The van der Waals surface area contributed by atoms with Gasteiger partial charge in [0, 0.05) is 11.6 Å². The van der Waals surface area contributed by atoms with Crippen LogP contribution in [-0.4, -0.2) is 18.5 Å². The number of benzene rings is 1. The van der Waals surface area contributed by atoms with E-state index >= 15 is 0 Å². The molecule has 1 fully saturated rings. The lowest BCUT2D eigenvalue weighted by Gasteiger charge is -1.98. The maximum atomic E-state index is 10.2. The highest BCUT2D eigenvalue weighted by Crippen LogP contribution is 2.03. The number of carbonyl (C=O) groups excluding carboxylic acids is 1. The molecule has 1 aliphatic rings. The maximum absolute atomic E-state index is 10.2. The number of hydrogen-bond acceptors (Lipinski definition) is 3. The van der Waals surface area contributed by atoms with Gasteiger partial charge in [0.25, 0.3) is 0 Å². The summed E-state index contributed by atoms with van der Waals surface area (Å²) in [4.78, 5) is 10.2. The van der Waals surface area contributed by atoms with E-state index in [1.54, 1.807) is 0 Å². The molecule has 1 aliphatic heterocycles. The lowest BCUT2D eigenvalue weighted by Crippen LogP contribution is -2.06. The van der Waals surface area contributed by atoms with Crippen molar-refractivity contribution in [2.75, 3.05) is 13.1 Å². The molecular formula is C13H18ClNO2. The normalized spacial score (nSPS) is 18.1. The van der Waals surface area contributed by atoms with Crippen LogP contribution in [0.25, 0.3) is 0 Å². The van der Waals surface area contributed by atoms with Gasteiger partial charge in [-0.1, -0.05) is 37.3 Å². The van der Waals surface area contributed by atoms with E-state index in [0.717, 1.165) is 11.5 Å². The first-order chi connectivity index (χ1) is 8.18. The first kappa shape index (κ1) is 14.0. The first-order valence-corrected chi connectivity index (χ1v) is 6.13. The summed E-state index contributed by atoms with van der Waals surface area (Å²) >= 11 is 4.97. The van der Waals surface area contributed by atoms with Crippen molar-refractivity contribution in [3.05, 3.63) is 35.9 Å². The van der Waals surface area contributed by atoms with Gasteiger partial charge in [-0.3, -0.25) is 0 Å². The molecular weight excluding hydrogens is 238 g/mol. The molecule has 1 aromatic rings. The fraction of sp³-hybridized carbons (Fsp3) is 0.462. The van der Waals surface area contributed by atoms with Crippen molar-refractivity contribution < 1.29 is 9.53 Å². The Hall–Kier alpha value is -1.06. The largest absolute Gasteiger partial charge is 0.449 e. The Labute approximate surface area is 107 Å². The molecule has 0 bridgehead atoms. The highest BCUT2D eigenvalue weighted by atomic mass is 35.5. The average molecular weight is 256 g/mol. The van der Waals surface area contributed by atoms with Crippen molar-refractivity contribution in [1.29, 1.82) is 0 Å². The number of halogens is 1. The molecule has 0 saturated carbocycles. The third-order valence-electron chi connectivity index (χ3n) is 2.50. The van der Waals surface area contributed by atoms with Crippen LogP contribution in [0.1, 0.15) is 18.9 Å². The Morgan fingerprint density at radius 3 is 2.59 bits per heavy atom. The molecule has 0 aromatic heterocycles. The van der Waals surface area contributed by atoms with Gasteiger partial charge in [0.05, 0.1) is 0 Å². The summed E-state index contributed by atoms with van der Waals surface area (Å²) in [7, 11) is 0. The Morgan fingerprint density at radius 2 is 2.18 bits per heavy atom. The number of carbonyl (C=O) groups is 1. The average Bonchev–Trinajstić information content (AvgIpc) is 2.80. The second-order valence-corrected chi connectivity index (χ2v) is 4.42. The maximum Gasteiger partial charge on any atom is 0.404 e. The van der Waals surface area contributed by atoms with Gasteiger partial charge >= 0.3 is 5.43 Å². The van der Waals surface area contributed by atoms with Gasteiger partial charge in [0.1, 0.15) is 6.61 Å². The number of nitrogens with one attached hydrogen (secondary N) is 1. The van der Waals surface area contributed by atoms with E-state index in [-0.39, 0.29) is 6.61 Å². The Balaban J connectivity index is 0.000000202. The van der Waals surface area contributed by atoms with E-state index in [0.29, 0.717) is 0 Å². The molecule has 0 aliphatic carbocycles. The zero-order chi connectivity index (χ0) is 12.5. The van der Waals surface area contributed by atoms with Crippen molar-refractivity contribution in [2.45, 2.75) is 20.0 Å². The monoisotopic (exact) mass is 255 g/mol. The van der Waals surface area contributed by atoms with Crippen molar-refractivity contribution in [2.24, 2.45) is 5.92 Å². The van der Waals surface area contributed by atoms with Crippen LogP contribution in [0.5, 0.6) is 0 Å². The minimum Gasteiger partial charge on any atom is -0.449 e. The predicted molar refractivity (Wildman–Crippen MR) is 69.1 cm³/mol. The van der Waals surface area contributed by atoms with Crippen LogP contribution in [0.15, 0.2) is 30.3 Å². The van der Waals surface area contributed by atoms with E-state index in [9.17, 15) is 4.79 Å². The van der Waals surface area contributed by atoms with Crippen LogP contribution in [0.2, 0.25) is 0 Å². The van der Waals surface area contributed by atoms with Gasteiger partial charge in [0.2, 0.25) is 0 Å². The third kappa shape index (κ3) is 6.97. The summed E-state index contributed by atoms with van der Waals surface area (Å²) in [5, 5.41) is 3.27. The third-order valence-corrected chi connectivity index (χ3v) is 2.61. The van der Waals surface area contributed by atoms with Gasteiger partial charge in [-0.15, -0.1) is 0 Å². The Kier molecular flexibility index (Phi) is 6.67. The molecule has 0 radical (unpaired) electrons. The SMILES string of the molecule is CC1CCNC1.O=C(Cl)OCc1ccccc1. The zero-order valence-corrected chi connectivity index (χ0v) is 10.7. The molecule has 0 amide bonds. The second kappa shape index (κ2) is 8.09. The molecule has 1 unspecified atom stereocenters. The van der Waals surface area contributed by atoms with E-state index in [1.807, 2.05) is 30.3 Å². The highest BCUT2D eigenvalue weighted by molar-refractivity contribution is 6.61. The van der Waals surface area contributed by atoms with Crippen LogP contribution in [0.3, 0.4) is 0 Å². The lowest BCUT2D eigenvalue weighted by atomic mass is 10.2. The number of hydrogen-bond donors (Lipinski definition) is 1. The standard InChI is InChI=1S/C8H7ClO2.C5H11N/c9-8(10)11-6-7-4-2-1-3-5-7;1-5-2-3-6-4-5/h1-5H,6H2;5-6H,2-4H2,1H3. The van der Waals surface area contributed by atoms with Crippen LogP contribution < -0.4 is 5.32 Å². The molecule has 1 saturated heterocycles. The smallest absolute Gasteiger partial charge is 0.404 e. The summed E-state index contributed by atoms with van der Waals surface area (Å²) in [5.74, 6) is 0.935.